The van der Waals surface area contributed by atoms with Crippen LogP contribution in [0.25, 0.3) is 0 Å². The smallest absolute Gasteiger partial charge is 0.273 e. The van der Waals surface area contributed by atoms with E-state index in [4.69, 9.17) is 5.73 Å². The summed E-state index contributed by atoms with van der Waals surface area (Å²) >= 11 is 1.46. The molecular weight excluding hydrogens is 372 g/mol. The van der Waals surface area contributed by atoms with E-state index in [2.05, 4.69) is 4.98 Å². The molecule has 4 nitrogen and oxygen atoms in total. The van der Waals surface area contributed by atoms with E-state index in [0.717, 1.165) is 30.0 Å². The number of amides is 1. The zero-order chi connectivity index (χ0) is 15.5. The van der Waals surface area contributed by atoms with Crippen LogP contribution in [0.5, 0.6) is 0 Å². The molecule has 1 unspecified atom stereocenters. The molecule has 3 rings (SSSR count). The van der Waals surface area contributed by atoms with Crippen LogP contribution in [0.3, 0.4) is 0 Å². The molecule has 1 atom stereocenters. The number of carbonyl (C=O) groups is 1. The molecular formula is C16H20Cl2FN3OS. The van der Waals surface area contributed by atoms with Crippen molar-refractivity contribution in [3.05, 3.63) is 51.7 Å². The van der Waals surface area contributed by atoms with E-state index >= 15 is 0 Å². The number of rotatable bonds is 3. The maximum Gasteiger partial charge on any atom is 0.273 e. The highest BCUT2D eigenvalue weighted by Crippen LogP contribution is 2.18. The molecule has 1 aromatic heterocycles. The lowest BCUT2D eigenvalue weighted by Gasteiger charge is -2.30. The molecule has 0 aliphatic carbocycles. The van der Waals surface area contributed by atoms with Gasteiger partial charge in [0.2, 0.25) is 0 Å². The molecule has 8 heteroatoms. The molecule has 1 aliphatic rings. The molecule has 1 saturated heterocycles. The van der Waals surface area contributed by atoms with Crippen molar-refractivity contribution in [1.29, 1.82) is 0 Å². The van der Waals surface area contributed by atoms with Crippen LogP contribution in [-0.4, -0.2) is 34.9 Å². The molecule has 0 spiro atoms. The van der Waals surface area contributed by atoms with Crippen molar-refractivity contribution in [3.63, 3.8) is 0 Å². The van der Waals surface area contributed by atoms with Crippen LogP contribution in [0.4, 0.5) is 4.39 Å². The Kier molecular flexibility index (Phi) is 8.09. The van der Waals surface area contributed by atoms with Crippen LogP contribution in [0.15, 0.2) is 29.6 Å². The predicted molar refractivity (Wildman–Crippen MR) is 98.9 cm³/mol. The number of nitrogens with zero attached hydrogens (tertiary/aromatic N) is 2. The number of piperidine rings is 1. The van der Waals surface area contributed by atoms with Gasteiger partial charge >= 0.3 is 0 Å². The van der Waals surface area contributed by atoms with Gasteiger partial charge in [-0.25, -0.2) is 9.37 Å². The average molecular weight is 392 g/mol. The highest BCUT2D eigenvalue weighted by atomic mass is 35.5. The summed E-state index contributed by atoms with van der Waals surface area (Å²) < 4.78 is 12.9. The minimum absolute atomic E-state index is 0. The summed E-state index contributed by atoms with van der Waals surface area (Å²) in [5.74, 6) is -0.294. The number of halogens is 3. The van der Waals surface area contributed by atoms with Gasteiger partial charge in [0.05, 0.1) is 5.01 Å². The second-order valence-electron chi connectivity index (χ2n) is 5.58. The van der Waals surface area contributed by atoms with Gasteiger partial charge in [0.1, 0.15) is 11.5 Å². The number of likely N-dealkylation sites (tertiary alicyclic amines) is 1. The third kappa shape index (κ3) is 5.14. The second-order valence-corrected chi connectivity index (χ2v) is 6.53. The number of hydrogen-bond acceptors (Lipinski definition) is 4. The zero-order valence-corrected chi connectivity index (χ0v) is 15.4. The average Bonchev–Trinajstić information content (AvgIpc) is 2.97. The summed E-state index contributed by atoms with van der Waals surface area (Å²) in [6, 6.07) is 6.41. The number of thiazole rings is 1. The van der Waals surface area contributed by atoms with E-state index in [1.165, 1.54) is 23.5 Å². The fraction of sp³-hybridized carbons (Fsp3) is 0.375. The summed E-state index contributed by atoms with van der Waals surface area (Å²) in [5.41, 5.74) is 7.38. The Hall–Kier alpha value is -1.21. The van der Waals surface area contributed by atoms with Gasteiger partial charge < -0.3 is 10.6 Å². The molecule has 1 fully saturated rings. The largest absolute Gasteiger partial charge is 0.336 e. The van der Waals surface area contributed by atoms with Crippen LogP contribution in [0.2, 0.25) is 0 Å². The Bertz CT molecular complexity index is 666. The van der Waals surface area contributed by atoms with E-state index in [0.29, 0.717) is 18.7 Å². The van der Waals surface area contributed by atoms with Crippen LogP contribution in [-0.2, 0) is 6.42 Å². The maximum atomic E-state index is 12.9. The SMILES string of the molecule is Cl.Cl.NC1CCCN(C(=O)c2csc(Cc3ccc(F)cc3)n2)C1. The molecule has 1 amide bonds. The Morgan fingerprint density at radius 3 is 2.71 bits per heavy atom. The zero-order valence-electron chi connectivity index (χ0n) is 13.0. The van der Waals surface area contributed by atoms with Gasteiger partial charge in [0.25, 0.3) is 5.91 Å². The summed E-state index contributed by atoms with van der Waals surface area (Å²) in [5, 5.41) is 2.65. The van der Waals surface area contributed by atoms with Crippen LogP contribution >= 0.6 is 36.2 Å². The molecule has 0 bridgehead atoms. The van der Waals surface area contributed by atoms with Crippen molar-refractivity contribution in [3.8, 4) is 0 Å². The molecule has 1 aliphatic heterocycles. The van der Waals surface area contributed by atoms with Crippen molar-refractivity contribution in [2.75, 3.05) is 13.1 Å². The minimum atomic E-state index is -0.250. The van der Waals surface area contributed by atoms with Gasteiger partial charge in [0, 0.05) is 30.9 Å². The first kappa shape index (κ1) is 20.8. The Balaban J connectivity index is 0.00000144. The Morgan fingerprint density at radius 2 is 2.04 bits per heavy atom. The van der Waals surface area contributed by atoms with Gasteiger partial charge in [-0.15, -0.1) is 36.2 Å². The lowest BCUT2D eigenvalue weighted by molar-refractivity contribution is 0.0703. The van der Waals surface area contributed by atoms with Crippen molar-refractivity contribution in [1.82, 2.24) is 9.88 Å². The monoisotopic (exact) mass is 391 g/mol. The summed E-state index contributed by atoms with van der Waals surface area (Å²) in [4.78, 5) is 18.6. The quantitative estimate of drug-likeness (QED) is 0.872. The van der Waals surface area contributed by atoms with Gasteiger partial charge in [0.15, 0.2) is 0 Å². The number of hydrogen-bond donors (Lipinski definition) is 1. The first-order chi connectivity index (χ1) is 10.6. The van der Waals surface area contributed by atoms with E-state index in [1.54, 1.807) is 22.4 Å². The molecule has 2 N–H and O–H groups in total. The number of aromatic nitrogens is 1. The van der Waals surface area contributed by atoms with Crippen LogP contribution < -0.4 is 5.73 Å². The van der Waals surface area contributed by atoms with Crippen molar-refractivity contribution in [2.24, 2.45) is 5.73 Å². The third-order valence-corrected chi connectivity index (χ3v) is 4.63. The first-order valence-corrected chi connectivity index (χ1v) is 8.23. The number of carbonyl (C=O) groups excluding carboxylic acids is 1. The summed E-state index contributed by atoms with van der Waals surface area (Å²) in [6.07, 6.45) is 2.52. The lowest BCUT2D eigenvalue weighted by atomic mass is 10.1. The molecule has 2 aromatic rings. The van der Waals surface area contributed by atoms with Crippen molar-refractivity contribution < 1.29 is 9.18 Å². The summed E-state index contributed by atoms with van der Waals surface area (Å²) in [7, 11) is 0. The van der Waals surface area contributed by atoms with E-state index in [9.17, 15) is 9.18 Å². The second kappa shape index (κ2) is 9.32. The van der Waals surface area contributed by atoms with Gasteiger partial charge in [-0.3, -0.25) is 4.79 Å². The highest BCUT2D eigenvalue weighted by Gasteiger charge is 2.24. The highest BCUT2D eigenvalue weighted by molar-refractivity contribution is 7.09. The number of nitrogens with two attached hydrogens (primary N) is 1. The van der Waals surface area contributed by atoms with Crippen molar-refractivity contribution >= 4 is 42.1 Å². The molecule has 0 radical (unpaired) electrons. The van der Waals surface area contributed by atoms with Gasteiger partial charge in [-0.05, 0) is 30.5 Å². The van der Waals surface area contributed by atoms with E-state index in [-0.39, 0.29) is 42.6 Å². The van der Waals surface area contributed by atoms with E-state index in [1.807, 2.05) is 0 Å². The fourth-order valence-corrected chi connectivity index (χ4v) is 3.43. The van der Waals surface area contributed by atoms with Crippen LogP contribution in [0, 0.1) is 5.82 Å². The molecule has 132 valence electrons. The van der Waals surface area contributed by atoms with Crippen molar-refractivity contribution in [2.45, 2.75) is 25.3 Å². The standard InChI is InChI=1S/C16H18FN3OS.2ClH/c17-12-5-3-11(4-6-12)8-15-19-14(10-22-15)16(21)20-7-1-2-13(18)9-20;;/h3-6,10,13H,1-2,7-9,18H2;2*1H. The predicted octanol–water partition coefficient (Wildman–Crippen LogP) is 3.28. The molecule has 0 saturated carbocycles. The topological polar surface area (TPSA) is 59.2 Å². The maximum absolute atomic E-state index is 12.9. The number of benzene rings is 1. The lowest BCUT2D eigenvalue weighted by Crippen LogP contribution is -2.45. The molecule has 1 aromatic carbocycles. The fourth-order valence-electron chi connectivity index (χ4n) is 2.62. The molecule has 2 heterocycles. The van der Waals surface area contributed by atoms with Gasteiger partial charge in [-0.1, -0.05) is 12.1 Å². The normalized spacial score (nSPS) is 16.9. The van der Waals surface area contributed by atoms with E-state index < -0.39 is 0 Å². The van der Waals surface area contributed by atoms with Crippen LogP contribution in [0.1, 0.15) is 33.9 Å². The molecule has 24 heavy (non-hydrogen) atoms. The Labute approximate surface area is 157 Å². The first-order valence-electron chi connectivity index (χ1n) is 7.35. The minimum Gasteiger partial charge on any atom is -0.336 e. The Morgan fingerprint density at radius 1 is 1.33 bits per heavy atom. The van der Waals surface area contributed by atoms with Gasteiger partial charge in [-0.2, -0.15) is 0 Å². The summed E-state index contributed by atoms with van der Waals surface area (Å²) in [6.45, 7) is 1.35. The third-order valence-electron chi connectivity index (χ3n) is 3.78.